The number of aliphatic hydroxyl groups is 1. The highest BCUT2D eigenvalue weighted by Crippen LogP contribution is 2.46. The maximum Gasteiger partial charge on any atom is 0.404 e. The van der Waals surface area contributed by atoms with Gasteiger partial charge >= 0.3 is 12.1 Å². The number of pyridine rings is 2. The Labute approximate surface area is 233 Å². The lowest BCUT2D eigenvalue weighted by Crippen LogP contribution is -2.44. The van der Waals surface area contributed by atoms with E-state index in [1.807, 2.05) is 0 Å². The minimum atomic E-state index is -1.98. The van der Waals surface area contributed by atoms with Crippen molar-refractivity contribution < 1.29 is 33.4 Å². The third-order valence-corrected chi connectivity index (χ3v) is 8.62. The van der Waals surface area contributed by atoms with Gasteiger partial charge in [0.25, 0.3) is 5.56 Å². The second-order valence-corrected chi connectivity index (χ2v) is 10.9. The molecule has 0 spiro atoms. The van der Waals surface area contributed by atoms with Crippen LogP contribution >= 0.6 is 0 Å². The number of benzene rings is 1. The van der Waals surface area contributed by atoms with Crippen LogP contribution in [0.3, 0.4) is 0 Å². The Morgan fingerprint density at radius 2 is 2.07 bits per heavy atom. The van der Waals surface area contributed by atoms with E-state index in [0.29, 0.717) is 40.9 Å². The lowest BCUT2D eigenvalue weighted by Gasteiger charge is -2.31. The highest BCUT2D eigenvalue weighted by molar-refractivity contribution is 5.94. The molecule has 3 aliphatic rings. The van der Waals surface area contributed by atoms with E-state index < -0.39 is 41.0 Å². The molecule has 4 heterocycles. The van der Waals surface area contributed by atoms with Gasteiger partial charge in [0, 0.05) is 22.6 Å². The fourth-order valence-electron chi connectivity index (χ4n) is 6.30. The molecule has 11 nitrogen and oxygen atoms in total. The van der Waals surface area contributed by atoms with Crippen LogP contribution < -0.4 is 16.6 Å². The number of ether oxygens (including phenoxy) is 2. The average Bonchev–Trinajstić information content (AvgIpc) is 3.31. The first-order valence-electron chi connectivity index (χ1n) is 13.5. The molecule has 1 aromatic carbocycles. The third-order valence-electron chi connectivity index (χ3n) is 8.62. The van der Waals surface area contributed by atoms with Gasteiger partial charge in [-0.1, -0.05) is 13.8 Å². The predicted octanol–water partition coefficient (Wildman–Crippen LogP) is 2.36. The van der Waals surface area contributed by atoms with E-state index >= 15 is 4.39 Å². The molecule has 2 aromatic heterocycles. The number of amides is 2. The van der Waals surface area contributed by atoms with Crippen LogP contribution in [0.4, 0.5) is 9.18 Å². The molecule has 6 rings (SSSR count). The van der Waals surface area contributed by atoms with Crippen molar-refractivity contribution in [1.82, 2.24) is 14.9 Å². The Bertz CT molecular complexity index is 1750. The number of nitrogens with two attached hydrogens (primary N) is 1. The number of carbonyl (C=O) groups excluding carboxylic acids is 3. The van der Waals surface area contributed by atoms with Crippen LogP contribution in [0.25, 0.3) is 22.3 Å². The van der Waals surface area contributed by atoms with Crippen molar-refractivity contribution in [2.45, 2.75) is 64.8 Å². The summed E-state index contributed by atoms with van der Waals surface area (Å²) in [4.78, 5) is 55.2. The van der Waals surface area contributed by atoms with Gasteiger partial charge < -0.3 is 30.2 Å². The van der Waals surface area contributed by atoms with Crippen LogP contribution in [-0.4, -0.2) is 39.2 Å². The van der Waals surface area contributed by atoms with Crippen molar-refractivity contribution in [1.29, 1.82) is 0 Å². The monoisotopic (exact) mass is 564 g/mol. The molecule has 2 aliphatic heterocycles. The number of aryl methyl sites for hydroxylation is 1. The molecule has 3 atom stereocenters. The zero-order chi connectivity index (χ0) is 29.4. The summed E-state index contributed by atoms with van der Waals surface area (Å²) in [6.45, 7) is 4.63. The SMILES string of the molecule is CC[C@@]1(O)C(=O)OCc2c1cc1n(c2=O)Cc2c-1nc1cc(F)c(C)c3c1c2[C@@H](NC(=O)[C@H](C)COC(N)=O)CC3. The summed E-state index contributed by atoms with van der Waals surface area (Å²) in [6, 6.07) is 2.46. The molecule has 0 saturated heterocycles. The second kappa shape index (κ2) is 9.37. The lowest BCUT2D eigenvalue weighted by molar-refractivity contribution is -0.172. The second-order valence-electron chi connectivity index (χ2n) is 10.9. The largest absolute Gasteiger partial charge is 0.458 e. The molecule has 214 valence electrons. The molecule has 2 amide bonds. The van der Waals surface area contributed by atoms with Crippen molar-refractivity contribution in [3.8, 4) is 11.4 Å². The third kappa shape index (κ3) is 3.91. The van der Waals surface area contributed by atoms with Crippen LogP contribution in [0.2, 0.25) is 0 Å². The van der Waals surface area contributed by atoms with Crippen molar-refractivity contribution in [3.63, 3.8) is 0 Å². The van der Waals surface area contributed by atoms with Gasteiger partial charge in [-0.3, -0.25) is 9.59 Å². The maximum absolute atomic E-state index is 15.0. The summed E-state index contributed by atoms with van der Waals surface area (Å²) < 4.78 is 26.5. The number of hydrogen-bond acceptors (Lipinski definition) is 8. The zero-order valence-electron chi connectivity index (χ0n) is 22.8. The normalized spacial score (nSPS) is 21.0. The number of esters is 1. The maximum atomic E-state index is 15.0. The standard InChI is InChI=1S/C29H29FN4O7/c1-4-29(39)17-7-21-24-15(9-34(21)26(36)16(17)11-40-27(29)37)23-19(33-25(35)12(2)10-41-28(31)38)6-5-14-13(3)18(30)8-20(32-24)22(14)23/h7-8,12,19,39H,4-6,9-11H2,1-3H3,(H2,31,38)(H,33,35)/t12-,19+,29+/m1/s1. The van der Waals surface area contributed by atoms with Crippen molar-refractivity contribution in [2.75, 3.05) is 6.61 Å². The number of nitrogens with zero attached hydrogens (tertiary/aromatic N) is 2. The van der Waals surface area contributed by atoms with Crippen molar-refractivity contribution in [2.24, 2.45) is 11.7 Å². The van der Waals surface area contributed by atoms with Gasteiger partial charge in [0.1, 0.15) is 19.0 Å². The topological polar surface area (TPSA) is 163 Å². The summed E-state index contributed by atoms with van der Waals surface area (Å²) in [6.07, 6.45) is -0.00716. The fraction of sp³-hybridized carbons (Fsp3) is 0.414. The molecule has 0 saturated carbocycles. The number of aromatic nitrogens is 2. The van der Waals surface area contributed by atoms with Crippen LogP contribution in [0.15, 0.2) is 16.9 Å². The minimum Gasteiger partial charge on any atom is -0.458 e. The van der Waals surface area contributed by atoms with E-state index in [9.17, 15) is 24.3 Å². The number of carbonyl (C=O) groups is 3. The van der Waals surface area contributed by atoms with E-state index in [1.54, 1.807) is 26.8 Å². The average molecular weight is 565 g/mol. The summed E-state index contributed by atoms with van der Waals surface area (Å²) in [5.74, 6) is -2.27. The predicted molar refractivity (Wildman–Crippen MR) is 143 cm³/mol. The van der Waals surface area contributed by atoms with Crippen LogP contribution in [0.1, 0.15) is 66.1 Å². The highest BCUT2D eigenvalue weighted by Gasteiger charge is 2.46. The smallest absolute Gasteiger partial charge is 0.404 e. The Hall–Kier alpha value is -4.32. The molecule has 4 N–H and O–H groups in total. The van der Waals surface area contributed by atoms with E-state index in [4.69, 9.17) is 20.2 Å². The van der Waals surface area contributed by atoms with Crippen molar-refractivity contribution >= 4 is 28.9 Å². The number of cyclic esters (lactones) is 1. The Morgan fingerprint density at radius 1 is 1.32 bits per heavy atom. The molecule has 0 radical (unpaired) electrons. The minimum absolute atomic E-state index is 0.00455. The summed E-state index contributed by atoms with van der Waals surface area (Å²) in [7, 11) is 0. The van der Waals surface area contributed by atoms with E-state index in [1.165, 1.54) is 10.6 Å². The van der Waals surface area contributed by atoms with Gasteiger partial charge in [-0.05, 0) is 48.9 Å². The molecule has 41 heavy (non-hydrogen) atoms. The van der Waals surface area contributed by atoms with Gasteiger partial charge in [0.15, 0.2) is 5.60 Å². The molecule has 0 bridgehead atoms. The molecule has 3 aromatic rings. The number of primary amides is 1. The van der Waals surface area contributed by atoms with Crippen LogP contribution in [0.5, 0.6) is 0 Å². The van der Waals surface area contributed by atoms with Gasteiger partial charge in [-0.15, -0.1) is 0 Å². The lowest BCUT2D eigenvalue weighted by atomic mass is 9.81. The van der Waals surface area contributed by atoms with Gasteiger partial charge in [-0.2, -0.15) is 0 Å². The van der Waals surface area contributed by atoms with Crippen LogP contribution in [0, 0.1) is 18.7 Å². The van der Waals surface area contributed by atoms with E-state index in [2.05, 4.69) is 5.32 Å². The fourth-order valence-corrected chi connectivity index (χ4v) is 6.30. The number of fused-ring (bicyclic) bond motifs is 5. The quantitative estimate of drug-likeness (QED) is 0.311. The molecular formula is C29H29FN4O7. The van der Waals surface area contributed by atoms with Gasteiger partial charge in [0.2, 0.25) is 5.91 Å². The zero-order valence-corrected chi connectivity index (χ0v) is 22.8. The first-order valence-corrected chi connectivity index (χ1v) is 13.5. The molecule has 0 fully saturated rings. The number of hydrogen-bond donors (Lipinski definition) is 3. The van der Waals surface area contributed by atoms with E-state index in [-0.39, 0.29) is 43.2 Å². The Morgan fingerprint density at radius 3 is 2.78 bits per heavy atom. The first-order chi connectivity index (χ1) is 19.5. The summed E-state index contributed by atoms with van der Waals surface area (Å²) in [5, 5.41) is 15.0. The molecule has 1 aliphatic carbocycles. The number of nitrogens with one attached hydrogen (secondary N) is 1. The van der Waals surface area contributed by atoms with Gasteiger partial charge in [0.05, 0.1) is 41.0 Å². The summed E-state index contributed by atoms with van der Waals surface area (Å²) >= 11 is 0. The van der Waals surface area contributed by atoms with Crippen LogP contribution in [-0.2, 0) is 44.2 Å². The Balaban J connectivity index is 1.54. The van der Waals surface area contributed by atoms with E-state index in [0.717, 1.165) is 16.5 Å². The first kappa shape index (κ1) is 26.9. The molecule has 0 unspecified atom stereocenters. The molecule has 12 heteroatoms. The van der Waals surface area contributed by atoms with Gasteiger partial charge in [-0.25, -0.2) is 19.0 Å². The number of rotatable bonds is 5. The number of halogens is 1. The Kier molecular flexibility index (Phi) is 6.14. The molecular weight excluding hydrogens is 535 g/mol. The summed E-state index contributed by atoms with van der Waals surface area (Å²) in [5.41, 5.74) is 6.96. The van der Waals surface area contributed by atoms with Crippen molar-refractivity contribution in [3.05, 3.63) is 61.7 Å². The highest BCUT2D eigenvalue weighted by atomic mass is 19.1.